The molecule has 146 valence electrons. The predicted molar refractivity (Wildman–Crippen MR) is 99.3 cm³/mol. The average Bonchev–Trinajstić information content (AvgIpc) is 3.18. The maximum Gasteiger partial charge on any atom is 0.340 e. The number of esters is 1. The first-order valence-corrected chi connectivity index (χ1v) is 9.77. The second-order valence-electron chi connectivity index (χ2n) is 6.99. The Morgan fingerprint density at radius 3 is 2.81 bits per heavy atom. The van der Waals surface area contributed by atoms with Crippen LogP contribution in [0.15, 0.2) is 45.6 Å². The summed E-state index contributed by atoms with van der Waals surface area (Å²) in [7, 11) is 0. The molecule has 0 radical (unpaired) electrons. The third kappa shape index (κ3) is 4.26. The molecule has 27 heavy (non-hydrogen) atoms. The molecule has 1 aromatic rings. The zero-order chi connectivity index (χ0) is 19.2. The summed E-state index contributed by atoms with van der Waals surface area (Å²) in [6.07, 6.45) is 8.58. The highest BCUT2D eigenvalue weighted by Crippen LogP contribution is 2.44. The Bertz CT molecular complexity index is 745. The normalized spacial score (nSPS) is 19.7. The summed E-state index contributed by atoms with van der Waals surface area (Å²) in [5.74, 6) is -0.200. The zero-order valence-corrected chi connectivity index (χ0v) is 15.8. The smallest absolute Gasteiger partial charge is 0.340 e. The van der Waals surface area contributed by atoms with Crippen molar-refractivity contribution in [2.24, 2.45) is 5.73 Å². The van der Waals surface area contributed by atoms with E-state index in [2.05, 4.69) is 6.92 Å². The quantitative estimate of drug-likeness (QED) is 0.545. The summed E-state index contributed by atoms with van der Waals surface area (Å²) in [4.78, 5) is 25.3. The van der Waals surface area contributed by atoms with Crippen molar-refractivity contribution in [2.75, 3.05) is 6.61 Å². The van der Waals surface area contributed by atoms with E-state index in [0.29, 0.717) is 43.0 Å². The number of unbranched alkanes of at least 4 members (excludes halogenated alkanes) is 4. The van der Waals surface area contributed by atoms with Gasteiger partial charge in [0.2, 0.25) is 5.88 Å². The van der Waals surface area contributed by atoms with Crippen LogP contribution in [0.4, 0.5) is 0 Å². The van der Waals surface area contributed by atoms with E-state index in [9.17, 15) is 9.59 Å². The molecule has 0 saturated carbocycles. The molecule has 1 aliphatic carbocycles. The molecule has 0 unspecified atom stereocenters. The highest BCUT2D eigenvalue weighted by Gasteiger charge is 2.42. The fraction of sp³-hybridized carbons (Fsp3) is 0.524. The number of Topliss-reactive ketones (excluding diaryl/α,β-unsaturated/α-hetero) is 1. The molecule has 0 amide bonds. The van der Waals surface area contributed by atoms with Crippen molar-refractivity contribution in [1.29, 1.82) is 0 Å². The summed E-state index contributed by atoms with van der Waals surface area (Å²) in [6.45, 7) is 2.48. The fourth-order valence-corrected chi connectivity index (χ4v) is 3.64. The minimum Gasteiger partial charge on any atom is -0.468 e. The third-order valence-electron chi connectivity index (χ3n) is 5.01. The van der Waals surface area contributed by atoms with Gasteiger partial charge in [-0.15, -0.1) is 0 Å². The molecule has 0 fully saturated rings. The molecule has 0 bridgehead atoms. The molecule has 2 aliphatic rings. The number of ketones is 1. The summed E-state index contributed by atoms with van der Waals surface area (Å²) in [5, 5.41) is 0. The number of allylic oxidation sites excluding steroid dienone is 2. The first-order valence-electron chi connectivity index (χ1n) is 9.77. The van der Waals surface area contributed by atoms with Crippen LogP contribution in [0.2, 0.25) is 0 Å². The van der Waals surface area contributed by atoms with E-state index >= 15 is 0 Å². The lowest BCUT2D eigenvalue weighted by Crippen LogP contribution is -2.31. The Hall–Kier alpha value is -2.50. The maximum atomic E-state index is 12.8. The van der Waals surface area contributed by atoms with E-state index in [0.717, 1.165) is 25.7 Å². The molecule has 2 heterocycles. The van der Waals surface area contributed by atoms with Gasteiger partial charge in [-0.05, 0) is 25.0 Å². The molecular formula is C21H27NO5. The molecule has 1 aliphatic heterocycles. The third-order valence-corrected chi connectivity index (χ3v) is 5.01. The van der Waals surface area contributed by atoms with Crippen molar-refractivity contribution in [3.05, 3.63) is 46.9 Å². The van der Waals surface area contributed by atoms with Crippen LogP contribution in [-0.2, 0) is 19.1 Å². The fourth-order valence-electron chi connectivity index (χ4n) is 3.64. The minimum absolute atomic E-state index is 0.000771. The van der Waals surface area contributed by atoms with Gasteiger partial charge in [0.05, 0.1) is 18.8 Å². The Morgan fingerprint density at radius 2 is 2.07 bits per heavy atom. The van der Waals surface area contributed by atoms with Gasteiger partial charge in [0.1, 0.15) is 17.1 Å². The van der Waals surface area contributed by atoms with Crippen LogP contribution in [0.5, 0.6) is 0 Å². The summed E-state index contributed by atoms with van der Waals surface area (Å²) >= 11 is 0. The topological polar surface area (TPSA) is 91.8 Å². The number of nitrogens with two attached hydrogens (primary N) is 1. The number of carbonyl (C=O) groups is 2. The van der Waals surface area contributed by atoms with Gasteiger partial charge in [0, 0.05) is 18.4 Å². The largest absolute Gasteiger partial charge is 0.468 e. The monoisotopic (exact) mass is 373 g/mol. The second-order valence-corrected chi connectivity index (χ2v) is 6.99. The van der Waals surface area contributed by atoms with E-state index in [1.54, 1.807) is 12.1 Å². The Morgan fingerprint density at radius 1 is 1.26 bits per heavy atom. The molecule has 0 saturated heterocycles. The van der Waals surface area contributed by atoms with Crippen LogP contribution in [0.3, 0.4) is 0 Å². The SMILES string of the molecule is CCCCCCCOC(=O)C1=C(N)OC2=C(C(=O)CCC2)[C@H]1c1ccco1. The van der Waals surface area contributed by atoms with Crippen LogP contribution in [0.25, 0.3) is 0 Å². The minimum atomic E-state index is -0.663. The first-order chi connectivity index (χ1) is 13.1. The van der Waals surface area contributed by atoms with Crippen LogP contribution < -0.4 is 5.73 Å². The van der Waals surface area contributed by atoms with Crippen molar-refractivity contribution in [1.82, 2.24) is 0 Å². The molecule has 0 spiro atoms. The van der Waals surface area contributed by atoms with Crippen LogP contribution in [0.1, 0.15) is 70.0 Å². The van der Waals surface area contributed by atoms with Gasteiger partial charge in [-0.3, -0.25) is 4.79 Å². The van der Waals surface area contributed by atoms with Crippen molar-refractivity contribution in [3.8, 4) is 0 Å². The van der Waals surface area contributed by atoms with Gasteiger partial charge in [-0.25, -0.2) is 4.79 Å². The van der Waals surface area contributed by atoms with Crippen LogP contribution >= 0.6 is 0 Å². The molecule has 1 aromatic heterocycles. The van der Waals surface area contributed by atoms with Crippen LogP contribution in [-0.4, -0.2) is 18.4 Å². The molecule has 6 nitrogen and oxygen atoms in total. The molecule has 1 atom stereocenters. The summed E-state index contributed by atoms with van der Waals surface area (Å²) in [6, 6.07) is 3.47. The van der Waals surface area contributed by atoms with Gasteiger partial charge in [-0.2, -0.15) is 0 Å². The molecular weight excluding hydrogens is 346 g/mol. The maximum absolute atomic E-state index is 12.8. The highest BCUT2D eigenvalue weighted by atomic mass is 16.5. The van der Waals surface area contributed by atoms with Gasteiger partial charge < -0.3 is 19.6 Å². The van der Waals surface area contributed by atoms with E-state index in [1.807, 2.05) is 0 Å². The molecule has 2 N–H and O–H groups in total. The van der Waals surface area contributed by atoms with Crippen LogP contribution in [0, 0.1) is 0 Å². The zero-order valence-electron chi connectivity index (χ0n) is 15.8. The Kier molecular flexibility index (Phi) is 6.37. The van der Waals surface area contributed by atoms with Crippen molar-refractivity contribution < 1.29 is 23.5 Å². The number of ether oxygens (including phenoxy) is 2. The Balaban J connectivity index is 1.78. The summed E-state index contributed by atoms with van der Waals surface area (Å²) < 4.78 is 16.6. The van der Waals surface area contributed by atoms with Gasteiger partial charge in [0.25, 0.3) is 0 Å². The van der Waals surface area contributed by atoms with Crippen molar-refractivity contribution in [3.63, 3.8) is 0 Å². The van der Waals surface area contributed by atoms with Crippen molar-refractivity contribution in [2.45, 2.75) is 64.2 Å². The van der Waals surface area contributed by atoms with E-state index in [1.165, 1.54) is 12.7 Å². The number of carbonyl (C=O) groups excluding carboxylic acids is 2. The summed E-state index contributed by atoms with van der Waals surface area (Å²) in [5.41, 5.74) is 6.70. The molecule has 3 rings (SSSR count). The standard InChI is InChI=1S/C21H27NO5/c1-2-3-4-5-6-12-26-21(24)19-18(15-11-8-13-25-15)17-14(23)9-7-10-16(17)27-20(19)22/h8,11,13,18H,2-7,9-10,12,22H2,1H3/t18-/m1/s1. The van der Waals surface area contributed by atoms with Gasteiger partial charge in [0.15, 0.2) is 5.78 Å². The Labute approximate surface area is 159 Å². The number of hydrogen-bond donors (Lipinski definition) is 1. The lowest BCUT2D eigenvalue weighted by Gasteiger charge is -2.31. The first kappa shape index (κ1) is 19.3. The van der Waals surface area contributed by atoms with E-state index < -0.39 is 11.9 Å². The number of hydrogen-bond acceptors (Lipinski definition) is 6. The second kappa shape index (κ2) is 8.93. The van der Waals surface area contributed by atoms with E-state index in [-0.39, 0.29) is 17.2 Å². The highest BCUT2D eigenvalue weighted by molar-refractivity contribution is 6.03. The molecule has 0 aromatic carbocycles. The molecule has 6 heteroatoms. The average molecular weight is 373 g/mol. The van der Waals surface area contributed by atoms with Gasteiger partial charge >= 0.3 is 5.97 Å². The lowest BCUT2D eigenvalue weighted by molar-refractivity contribution is -0.139. The number of rotatable bonds is 8. The van der Waals surface area contributed by atoms with Crippen molar-refractivity contribution >= 4 is 11.8 Å². The lowest BCUT2D eigenvalue weighted by atomic mass is 9.79. The van der Waals surface area contributed by atoms with Gasteiger partial charge in [-0.1, -0.05) is 32.6 Å². The predicted octanol–water partition coefficient (Wildman–Crippen LogP) is 4.08. The van der Waals surface area contributed by atoms with E-state index in [4.69, 9.17) is 19.6 Å². The number of furan rings is 1.